The summed E-state index contributed by atoms with van der Waals surface area (Å²) < 4.78 is 0. The van der Waals surface area contributed by atoms with Crippen LogP contribution < -0.4 is 5.32 Å². The Labute approximate surface area is 176 Å². The standard InChI is InChI=1S/C22H27ClN2O2S/c1-15-9-16(2)11-18(10-15)13-28-14-21(26)25(17(3)22(27)24-4)12-19-7-5-6-8-20(19)23/h5-11,17H,12-14H2,1-4H3,(H,24,27)/t17-/m1/s1. The summed E-state index contributed by atoms with van der Waals surface area (Å²) in [6.07, 6.45) is 0. The fourth-order valence-corrected chi connectivity index (χ4v) is 4.13. The largest absolute Gasteiger partial charge is 0.357 e. The predicted molar refractivity (Wildman–Crippen MR) is 118 cm³/mol. The van der Waals surface area contributed by atoms with Crippen molar-refractivity contribution in [3.05, 3.63) is 69.7 Å². The van der Waals surface area contributed by atoms with E-state index in [1.807, 2.05) is 18.2 Å². The molecule has 6 heteroatoms. The molecule has 0 unspecified atom stereocenters. The third-order valence-corrected chi connectivity index (χ3v) is 5.85. The van der Waals surface area contributed by atoms with Crippen LogP contribution in [0.3, 0.4) is 0 Å². The van der Waals surface area contributed by atoms with Crippen LogP contribution in [0, 0.1) is 13.8 Å². The Morgan fingerprint density at radius 3 is 2.39 bits per heavy atom. The highest BCUT2D eigenvalue weighted by molar-refractivity contribution is 7.99. The first-order valence-electron chi connectivity index (χ1n) is 9.21. The monoisotopic (exact) mass is 418 g/mol. The second kappa shape index (κ2) is 10.5. The average molecular weight is 419 g/mol. The zero-order valence-corrected chi connectivity index (χ0v) is 18.4. The minimum absolute atomic E-state index is 0.0783. The van der Waals surface area contributed by atoms with Crippen molar-refractivity contribution < 1.29 is 9.59 Å². The quantitative estimate of drug-likeness (QED) is 0.693. The van der Waals surface area contributed by atoms with Gasteiger partial charge in [0.25, 0.3) is 0 Å². The van der Waals surface area contributed by atoms with Gasteiger partial charge >= 0.3 is 0 Å². The van der Waals surface area contributed by atoms with Crippen molar-refractivity contribution in [3.63, 3.8) is 0 Å². The summed E-state index contributed by atoms with van der Waals surface area (Å²) in [6.45, 7) is 6.19. The molecule has 2 rings (SSSR count). The average Bonchev–Trinajstić information content (AvgIpc) is 2.65. The second-order valence-corrected chi connectivity index (χ2v) is 8.28. The number of nitrogens with one attached hydrogen (secondary N) is 1. The molecular weight excluding hydrogens is 392 g/mol. The van der Waals surface area contributed by atoms with Crippen molar-refractivity contribution in [1.29, 1.82) is 0 Å². The van der Waals surface area contributed by atoms with Crippen LogP contribution >= 0.6 is 23.4 Å². The first-order chi connectivity index (χ1) is 13.3. The van der Waals surface area contributed by atoms with Crippen molar-refractivity contribution in [1.82, 2.24) is 10.2 Å². The molecule has 1 N–H and O–H groups in total. The molecule has 2 aromatic rings. The first-order valence-corrected chi connectivity index (χ1v) is 10.7. The van der Waals surface area contributed by atoms with Gasteiger partial charge in [-0.3, -0.25) is 9.59 Å². The zero-order valence-electron chi connectivity index (χ0n) is 16.8. The maximum absolute atomic E-state index is 12.9. The van der Waals surface area contributed by atoms with E-state index in [1.165, 1.54) is 16.7 Å². The summed E-state index contributed by atoms with van der Waals surface area (Å²) in [5.41, 5.74) is 4.46. The molecule has 4 nitrogen and oxygen atoms in total. The molecule has 0 fully saturated rings. The van der Waals surface area contributed by atoms with E-state index < -0.39 is 6.04 Å². The van der Waals surface area contributed by atoms with Gasteiger partial charge in [0.1, 0.15) is 6.04 Å². The van der Waals surface area contributed by atoms with Crippen LogP contribution in [0.15, 0.2) is 42.5 Å². The molecule has 2 aromatic carbocycles. The zero-order chi connectivity index (χ0) is 20.7. The van der Waals surface area contributed by atoms with Crippen molar-refractivity contribution in [2.24, 2.45) is 0 Å². The van der Waals surface area contributed by atoms with E-state index in [9.17, 15) is 9.59 Å². The third-order valence-electron chi connectivity index (χ3n) is 4.49. The number of halogens is 1. The van der Waals surface area contributed by atoms with E-state index >= 15 is 0 Å². The Morgan fingerprint density at radius 1 is 1.14 bits per heavy atom. The van der Waals surface area contributed by atoms with Gasteiger partial charge in [0.15, 0.2) is 0 Å². The molecule has 0 spiro atoms. The number of carbonyl (C=O) groups excluding carboxylic acids is 2. The van der Waals surface area contributed by atoms with Gasteiger partial charge in [-0.15, -0.1) is 11.8 Å². The van der Waals surface area contributed by atoms with Crippen LogP contribution in [0.2, 0.25) is 5.02 Å². The number of aryl methyl sites for hydroxylation is 2. The topological polar surface area (TPSA) is 49.4 Å². The lowest BCUT2D eigenvalue weighted by Crippen LogP contribution is -2.47. The molecular formula is C22H27ClN2O2S. The fourth-order valence-electron chi connectivity index (χ4n) is 3.09. The number of likely N-dealkylation sites (N-methyl/N-ethyl adjacent to an activating group) is 1. The molecule has 0 aliphatic carbocycles. The van der Waals surface area contributed by atoms with E-state index in [4.69, 9.17) is 11.6 Å². The Bertz CT molecular complexity index is 821. The predicted octanol–water partition coefficient (Wildman–Crippen LogP) is 4.35. The summed E-state index contributed by atoms with van der Waals surface area (Å²) in [5.74, 6) is 0.784. The van der Waals surface area contributed by atoms with Crippen LogP contribution in [0.1, 0.15) is 29.2 Å². The van der Waals surface area contributed by atoms with Crippen LogP contribution in [0.4, 0.5) is 0 Å². The minimum atomic E-state index is -0.574. The van der Waals surface area contributed by atoms with Gasteiger partial charge in [-0.1, -0.05) is 59.1 Å². The summed E-state index contributed by atoms with van der Waals surface area (Å²) in [5, 5.41) is 3.21. The van der Waals surface area contributed by atoms with Crippen LogP contribution in [-0.4, -0.2) is 35.6 Å². The summed E-state index contributed by atoms with van der Waals surface area (Å²) >= 11 is 7.82. The maximum Gasteiger partial charge on any atom is 0.242 e. The van der Waals surface area contributed by atoms with Crippen molar-refractivity contribution in [2.75, 3.05) is 12.8 Å². The van der Waals surface area contributed by atoms with Gasteiger partial charge in [-0.25, -0.2) is 0 Å². The SMILES string of the molecule is CNC(=O)[C@@H](C)N(Cc1ccccc1Cl)C(=O)CSCc1cc(C)cc(C)c1. The summed E-state index contributed by atoms with van der Waals surface area (Å²) in [7, 11) is 1.58. The lowest BCUT2D eigenvalue weighted by atomic mass is 10.1. The molecule has 150 valence electrons. The van der Waals surface area contributed by atoms with Crippen molar-refractivity contribution in [2.45, 2.75) is 39.1 Å². The van der Waals surface area contributed by atoms with E-state index in [0.717, 1.165) is 11.3 Å². The molecule has 0 bridgehead atoms. The number of thioether (sulfide) groups is 1. The first kappa shape index (κ1) is 22.3. The lowest BCUT2D eigenvalue weighted by Gasteiger charge is -2.28. The maximum atomic E-state index is 12.9. The third kappa shape index (κ3) is 6.28. The Kier molecular flexibility index (Phi) is 8.39. The molecule has 0 heterocycles. The van der Waals surface area contributed by atoms with E-state index in [2.05, 4.69) is 37.4 Å². The molecule has 0 aliphatic rings. The number of carbonyl (C=O) groups is 2. The van der Waals surface area contributed by atoms with Crippen LogP contribution in [0.5, 0.6) is 0 Å². The smallest absolute Gasteiger partial charge is 0.242 e. The van der Waals surface area contributed by atoms with Gasteiger partial charge in [0.2, 0.25) is 11.8 Å². The molecule has 2 amide bonds. The highest BCUT2D eigenvalue weighted by Gasteiger charge is 2.25. The summed E-state index contributed by atoms with van der Waals surface area (Å²) in [6, 6.07) is 13.2. The number of amides is 2. The molecule has 28 heavy (non-hydrogen) atoms. The van der Waals surface area contributed by atoms with Gasteiger partial charge in [0.05, 0.1) is 5.75 Å². The highest BCUT2D eigenvalue weighted by Crippen LogP contribution is 2.21. The molecule has 0 aliphatic heterocycles. The number of rotatable bonds is 8. The number of nitrogens with zero attached hydrogens (tertiary/aromatic N) is 1. The fraction of sp³-hybridized carbons (Fsp3) is 0.364. The van der Waals surface area contributed by atoms with Gasteiger partial charge < -0.3 is 10.2 Å². The molecule has 0 saturated carbocycles. The van der Waals surface area contributed by atoms with E-state index in [0.29, 0.717) is 17.3 Å². The number of hydrogen-bond acceptors (Lipinski definition) is 3. The minimum Gasteiger partial charge on any atom is -0.357 e. The van der Waals surface area contributed by atoms with Gasteiger partial charge in [-0.2, -0.15) is 0 Å². The van der Waals surface area contributed by atoms with E-state index in [-0.39, 0.29) is 11.8 Å². The number of benzene rings is 2. The van der Waals surface area contributed by atoms with Gasteiger partial charge in [0, 0.05) is 24.4 Å². The Balaban J connectivity index is 2.07. The lowest BCUT2D eigenvalue weighted by molar-refractivity contribution is -0.138. The van der Waals surface area contributed by atoms with Gasteiger partial charge in [-0.05, 0) is 38.0 Å². The molecule has 0 radical (unpaired) electrons. The highest BCUT2D eigenvalue weighted by atomic mass is 35.5. The van der Waals surface area contributed by atoms with Crippen LogP contribution in [-0.2, 0) is 21.9 Å². The molecule has 0 aromatic heterocycles. The molecule has 0 saturated heterocycles. The second-order valence-electron chi connectivity index (χ2n) is 6.89. The Morgan fingerprint density at radius 2 is 1.79 bits per heavy atom. The van der Waals surface area contributed by atoms with Crippen LogP contribution in [0.25, 0.3) is 0 Å². The molecule has 1 atom stereocenters. The summed E-state index contributed by atoms with van der Waals surface area (Å²) in [4.78, 5) is 26.7. The normalized spacial score (nSPS) is 11.8. The Hall–Kier alpha value is -1.98. The van der Waals surface area contributed by atoms with E-state index in [1.54, 1.807) is 36.7 Å². The number of hydrogen-bond donors (Lipinski definition) is 1. The van der Waals surface area contributed by atoms with Crippen molar-refractivity contribution >= 4 is 35.2 Å². The van der Waals surface area contributed by atoms with Crippen molar-refractivity contribution in [3.8, 4) is 0 Å².